The number of hydrogen-bond donors (Lipinski definition) is 5. The molecule has 4 rings (SSSR count). The molecule has 0 aromatic carbocycles. The molecule has 48 heavy (non-hydrogen) atoms. The van der Waals surface area contributed by atoms with Crippen LogP contribution in [0, 0.1) is 11.8 Å². The fourth-order valence-electron chi connectivity index (χ4n) is 6.37. The van der Waals surface area contributed by atoms with Crippen molar-refractivity contribution >= 4 is 11.9 Å². The van der Waals surface area contributed by atoms with E-state index >= 15 is 8.78 Å². The molecule has 15 heteroatoms. The van der Waals surface area contributed by atoms with Crippen molar-refractivity contribution in [3.05, 3.63) is 35.6 Å². The van der Waals surface area contributed by atoms with Crippen molar-refractivity contribution in [3.63, 3.8) is 0 Å². The lowest BCUT2D eigenvalue weighted by Gasteiger charge is -2.37. The third kappa shape index (κ3) is 10.0. The molecule has 3 heterocycles. The molecule has 6 atom stereocenters. The maximum atomic E-state index is 15.4. The number of carbonyl (C=O) groups excluding carboxylic acids is 1. The van der Waals surface area contributed by atoms with E-state index in [2.05, 4.69) is 14.9 Å². The first kappa shape index (κ1) is 37.9. The van der Waals surface area contributed by atoms with Crippen LogP contribution >= 0.6 is 0 Å². The molecule has 0 saturated carbocycles. The van der Waals surface area contributed by atoms with Crippen molar-refractivity contribution in [1.82, 2.24) is 19.8 Å². The summed E-state index contributed by atoms with van der Waals surface area (Å²) in [5.41, 5.74) is -0.194. The molecule has 0 spiro atoms. The van der Waals surface area contributed by atoms with Gasteiger partial charge in [-0.3, -0.25) is 9.69 Å². The molecule has 2 fully saturated rings. The predicted octanol–water partition coefficient (Wildman–Crippen LogP) is 0.954. The van der Waals surface area contributed by atoms with Gasteiger partial charge in [0.2, 0.25) is 11.9 Å². The molecule has 4 unspecified atom stereocenters. The van der Waals surface area contributed by atoms with Gasteiger partial charge in [-0.05, 0) is 38.5 Å². The summed E-state index contributed by atoms with van der Waals surface area (Å²) >= 11 is 0. The Bertz CT molecular complexity index is 1220. The molecule has 5 N–H and O–H groups in total. The number of aliphatic hydroxyl groups excluding tert-OH is 5. The molecule has 1 aliphatic carbocycles. The van der Waals surface area contributed by atoms with Gasteiger partial charge in [0.1, 0.15) is 36.1 Å². The fourth-order valence-corrected chi connectivity index (χ4v) is 6.37. The number of piperidine rings is 1. The van der Waals surface area contributed by atoms with E-state index in [9.17, 15) is 25.2 Å². The molecule has 1 aromatic rings. The van der Waals surface area contributed by atoms with Crippen molar-refractivity contribution in [2.24, 2.45) is 11.8 Å². The van der Waals surface area contributed by atoms with Gasteiger partial charge in [0.15, 0.2) is 5.75 Å². The number of nitrogens with zero attached hydrogens (tertiary/aromatic N) is 5. The van der Waals surface area contributed by atoms with Crippen LogP contribution in [0.4, 0.5) is 14.7 Å². The van der Waals surface area contributed by atoms with Crippen LogP contribution in [0.25, 0.3) is 0 Å². The number of allylic oxidation sites excluding steroid dienone is 3. The van der Waals surface area contributed by atoms with Crippen LogP contribution in [0.2, 0.25) is 0 Å². The molecule has 2 saturated heterocycles. The van der Waals surface area contributed by atoms with Crippen LogP contribution in [-0.4, -0.2) is 147 Å². The number of aliphatic hydroxyl groups is 5. The highest BCUT2D eigenvalue weighted by Gasteiger charge is 2.36. The second-order valence-corrected chi connectivity index (χ2v) is 12.8. The van der Waals surface area contributed by atoms with Gasteiger partial charge in [-0.15, -0.1) is 0 Å². The highest BCUT2D eigenvalue weighted by molar-refractivity contribution is 5.79. The lowest BCUT2D eigenvalue weighted by molar-refractivity contribution is -0.134. The Morgan fingerprint density at radius 3 is 2.27 bits per heavy atom. The van der Waals surface area contributed by atoms with Crippen molar-refractivity contribution in [2.75, 3.05) is 70.5 Å². The summed E-state index contributed by atoms with van der Waals surface area (Å²) in [7, 11) is 0. The van der Waals surface area contributed by atoms with Crippen LogP contribution in [0.3, 0.4) is 0 Å². The van der Waals surface area contributed by atoms with Gasteiger partial charge in [-0.1, -0.05) is 6.92 Å². The fraction of sp³-hybridized carbons (Fsp3) is 0.727. The van der Waals surface area contributed by atoms with E-state index < -0.39 is 61.3 Å². The van der Waals surface area contributed by atoms with Crippen LogP contribution < -0.4 is 9.64 Å². The Morgan fingerprint density at radius 2 is 1.65 bits per heavy atom. The van der Waals surface area contributed by atoms with Crippen LogP contribution in [0.15, 0.2) is 35.6 Å². The Kier molecular flexibility index (Phi) is 14.3. The number of alkyl halides is 1. The minimum atomic E-state index is -1.72. The lowest BCUT2D eigenvalue weighted by atomic mass is 9.89. The van der Waals surface area contributed by atoms with E-state index in [1.165, 1.54) is 11.0 Å². The van der Waals surface area contributed by atoms with E-state index in [1.54, 1.807) is 24.2 Å². The number of rotatable bonds is 16. The third-order valence-corrected chi connectivity index (χ3v) is 9.48. The van der Waals surface area contributed by atoms with Gasteiger partial charge < -0.3 is 44.8 Å². The smallest absolute Gasteiger partial charge is 0.226 e. The second kappa shape index (κ2) is 18.2. The van der Waals surface area contributed by atoms with Gasteiger partial charge in [0.05, 0.1) is 44.7 Å². The SMILES string of the molecule is CCOc1cnc(N2CCC(CCCOC3=CC(F)=C(CC(=O)N4CCN(C[C@H](O)C(O)[C@H](O)C(O)CO)CC4)C(F)C3C)CC2)nc1. The maximum Gasteiger partial charge on any atom is 0.226 e. The summed E-state index contributed by atoms with van der Waals surface area (Å²) in [5, 5.41) is 48.5. The average Bonchev–Trinajstić information content (AvgIpc) is 3.10. The first-order chi connectivity index (χ1) is 23.0. The summed E-state index contributed by atoms with van der Waals surface area (Å²) in [6.45, 7) is 6.54. The molecule has 270 valence electrons. The Labute approximate surface area is 280 Å². The minimum absolute atomic E-state index is 0.0326. The first-order valence-electron chi connectivity index (χ1n) is 16.9. The number of carbonyl (C=O) groups is 1. The molecule has 3 aliphatic rings. The Balaban J connectivity index is 1.17. The minimum Gasteiger partial charge on any atom is -0.497 e. The summed E-state index contributed by atoms with van der Waals surface area (Å²) < 4.78 is 41.7. The van der Waals surface area contributed by atoms with E-state index in [4.69, 9.17) is 14.6 Å². The number of piperazine rings is 1. The molecule has 1 aromatic heterocycles. The number of amides is 1. The van der Waals surface area contributed by atoms with Crippen LogP contribution in [0.1, 0.15) is 46.0 Å². The molecule has 0 radical (unpaired) electrons. The van der Waals surface area contributed by atoms with Crippen LogP contribution in [0.5, 0.6) is 5.75 Å². The molecular weight excluding hydrogens is 632 g/mol. The quantitative estimate of drug-likeness (QED) is 0.157. The number of hydrogen-bond acceptors (Lipinski definition) is 12. The molecule has 13 nitrogen and oxygen atoms in total. The monoisotopic (exact) mass is 683 g/mol. The third-order valence-electron chi connectivity index (χ3n) is 9.48. The predicted molar refractivity (Wildman–Crippen MR) is 172 cm³/mol. The molecular formula is C33H51F2N5O8. The average molecular weight is 684 g/mol. The standard InChI is InChI=1S/C33H51F2N5O8/c1-3-47-23-17-36-33(37-18-23)40-8-6-22(7-9-40)5-4-14-48-28-16-25(34)24(30(35)21(28)2)15-29(44)39-12-10-38(11-13-39)19-26(42)31(45)32(46)27(43)20-41/h16-18,21-22,26-27,30-32,41-43,45-46H,3-15,19-20H2,1-2H3/t21?,26-,27?,30?,31?,32+/m0/s1. The molecule has 0 bridgehead atoms. The van der Waals surface area contributed by atoms with Crippen molar-refractivity contribution in [2.45, 2.75) is 76.5 Å². The zero-order valence-electron chi connectivity index (χ0n) is 27.8. The number of ether oxygens (including phenoxy) is 2. The van der Waals surface area contributed by atoms with Crippen molar-refractivity contribution < 1.29 is 48.6 Å². The zero-order chi connectivity index (χ0) is 34.8. The number of anilines is 1. The summed E-state index contributed by atoms with van der Waals surface area (Å²) in [6.07, 6.45) is -0.192. The van der Waals surface area contributed by atoms with Crippen molar-refractivity contribution in [3.8, 4) is 5.75 Å². The molecule has 1 amide bonds. The van der Waals surface area contributed by atoms with Gasteiger partial charge in [0, 0.05) is 63.4 Å². The summed E-state index contributed by atoms with van der Waals surface area (Å²) in [6, 6.07) is 0. The second-order valence-electron chi connectivity index (χ2n) is 12.8. The van der Waals surface area contributed by atoms with E-state index in [1.807, 2.05) is 6.92 Å². The zero-order valence-corrected chi connectivity index (χ0v) is 27.8. The number of aromatic nitrogens is 2. The topological polar surface area (TPSA) is 172 Å². The first-order valence-corrected chi connectivity index (χ1v) is 16.9. The largest absolute Gasteiger partial charge is 0.497 e. The van der Waals surface area contributed by atoms with Gasteiger partial charge in [-0.25, -0.2) is 18.7 Å². The normalized spacial score (nSPS) is 23.8. The van der Waals surface area contributed by atoms with Gasteiger partial charge in [-0.2, -0.15) is 0 Å². The highest BCUT2D eigenvalue weighted by atomic mass is 19.1. The Hall–Kier alpha value is -2.95. The van der Waals surface area contributed by atoms with Gasteiger partial charge in [0.25, 0.3) is 0 Å². The highest BCUT2D eigenvalue weighted by Crippen LogP contribution is 2.35. The van der Waals surface area contributed by atoms with E-state index in [-0.39, 0.29) is 31.0 Å². The van der Waals surface area contributed by atoms with E-state index in [0.717, 1.165) is 38.8 Å². The van der Waals surface area contributed by atoms with Crippen molar-refractivity contribution in [1.29, 1.82) is 0 Å². The number of β-amino-alcohol motifs (C(OH)–C–C–N with tert-alkyl or cyclic N) is 1. The molecule has 2 aliphatic heterocycles. The maximum absolute atomic E-state index is 15.4. The lowest BCUT2D eigenvalue weighted by Crippen LogP contribution is -2.54. The summed E-state index contributed by atoms with van der Waals surface area (Å²) in [5.74, 6) is 0.188. The summed E-state index contributed by atoms with van der Waals surface area (Å²) in [4.78, 5) is 27.2. The number of halogens is 2. The van der Waals surface area contributed by atoms with E-state index in [0.29, 0.717) is 43.9 Å². The van der Waals surface area contributed by atoms with Crippen LogP contribution in [-0.2, 0) is 9.53 Å². The Morgan fingerprint density at radius 1 is 1.00 bits per heavy atom. The van der Waals surface area contributed by atoms with Gasteiger partial charge >= 0.3 is 0 Å².